The van der Waals surface area contributed by atoms with E-state index in [1.807, 2.05) is 6.07 Å². The van der Waals surface area contributed by atoms with Crippen molar-refractivity contribution in [3.63, 3.8) is 0 Å². The quantitative estimate of drug-likeness (QED) is 0.744. The first-order valence-corrected chi connectivity index (χ1v) is 6.31. The van der Waals surface area contributed by atoms with E-state index in [1.54, 1.807) is 24.3 Å². The number of hydrogen-bond donors (Lipinski definition) is 0. The lowest BCUT2D eigenvalue weighted by Gasteiger charge is -2.01. The van der Waals surface area contributed by atoms with Crippen LogP contribution in [0, 0.1) is 0 Å². The molecule has 0 saturated heterocycles. The summed E-state index contributed by atoms with van der Waals surface area (Å²) < 4.78 is 23.5. The molecule has 0 aliphatic heterocycles. The number of aromatic nitrogens is 3. The maximum atomic E-state index is 11.2. The molecule has 0 saturated carbocycles. The van der Waals surface area contributed by atoms with Gasteiger partial charge in [-0.1, -0.05) is 23.4 Å². The van der Waals surface area contributed by atoms with Crippen LogP contribution >= 0.6 is 10.7 Å². The third-order valence-electron chi connectivity index (χ3n) is 1.77. The third kappa shape index (κ3) is 2.00. The molecule has 0 unspecified atom stereocenters. The first kappa shape index (κ1) is 10.1. The summed E-state index contributed by atoms with van der Waals surface area (Å²) in [6.07, 6.45) is 1.11. The smallest absolute Gasteiger partial charge is 0.205 e. The van der Waals surface area contributed by atoms with Gasteiger partial charge < -0.3 is 0 Å². The summed E-state index contributed by atoms with van der Waals surface area (Å²) in [4.78, 5) is 0. The highest BCUT2D eigenvalue weighted by Crippen LogP contribution is 2.16. The minimum absolute atomic E-state index is 0.143. The van der Waals surface area contributed by atoms with Crippen molar-refractivity contribution < 1.29 is 8.42 Å². The molecule has 0 aliphatic carbocycles. The summed E-state index contributed by atoms with van der Waals surface area (Å²) in [5.41, 5.74) is 0.592. The highest BCUT2D eigenvalue weighted by atomic mass is 35.7. The van der Waals surface area contributed by atoms with Gasteiger partial charge in [0, 0.05) is 10.7 Å². The van der Waals surface area contributed by atoms with Crippen LogP contribution in [0.4, 0.5) is 0 Å². The van der Waals surface area contributed by atoms with E-state index < -0.39 is 9.05 Å². The van der Waals surface area contributed by atoms with Gasteiger partial charge >= 0.3 is 0 Å². The van der Waals surface area contributed by atoms with Gasteiger partial charge in [-0.25, -0.2) is 13.1 Å². The van der Waals surface area contributed by atoms with Gasteiger partial charge in [-0.3, -0.25) is 0 Å². The molecule has 1 aromatic carbocycles. The fraction of sp³-hybridized carbons (Fsp3) is 0. The molecule has 5 nitrogen and oxygen atoms in total. The zero-order valence-corrected chi connectivity index (χ0v) is 8.98. The Bertz CT molecular complexity index is 565. The van der Waals surface area contributed by atoms with E-state index in [-0.39, 0.29) is 5.03 Å². The molecule has 0 fully saturated rings. The number of rotatable bonds is 2. The molecule has 0 atom stereocenters. The minimum Gasteiger partial charge on any atom is -0.205 e. The van der Waals surface area contributed by atoms with Gasteiger partial charge in [-0.15, -0.1) is 5.10 Å². The Morgan fingerprint density at radius 1 is 1.20 bits per heavy atom. The van der Waals surface area contributed by atoms with Crippen molar-refractivity contribution >= 4 is 19.7 Å². The van der Waals surface area contributed by atoms with Gasteiger partial charge in [0.05, 0.1) is 11.9 Å². The highest BCUT2D eigenvalue weighted by Gasteiger charge is 2.18. The largest absolute Gasteiger partial charge is 0.280 e. The molecule has 0 amide bonds. The second kappa shape index (κ2) is 3.63. The van der Waals surface area contributed by atoms with Crippen molar-refractivity contribution in [2.45, 2.75) is 5.03 Å². The molecular weight excluding hydrogens is 238 g/mol. The lowest BCUT2D eigenvalue weighted by atomic mass is 10.3. The summed E-state index contributed by atoms with van der Waals surface area (Å²) in [5, 5.41) is 7.03. The van der Waals surface area contributed by atoms with Crippen molar-refractivity contribution in [3.8, 4) is 5.69 Å². The van der Waals surface area contributed by atoms with Crippen LogP contribution in [-0.4, -0.2) is 23.4 Å². The SMILES string of the molecule is O=S(=O)(Cl)c1cnnn1-c1ccccc1. The average Bonchev–Trinajstić information content (AvgIpc) is 2.67. The summed E-state index contributed by atoms with van der Waals surface area (Å²) in [6, 6.07) is 8.76. The average molecular weight is 244 g/mol. The monoisotopic (exact) mass is 243 g/mol. The molecular formula is C8H6ClN3O2S. The maximum Gasteiger partial charge on any atom is 0.280 e. The van der Waals surface area contributed by atoms with Gasteiger partial charge in [-0.2, -0.15) is 0 Å². The van der Waals surface area contributed by atoms with Crippen LogP contribution in [0.1, 0.15) is 0 Å². The molecule has 0 N–H and O–H groups in total. The zero-order valence-electron chi connectivity index (χ0n) is 7.41. The van der Waals surface area contributed by atoms with Crippen LogP contribution in [-0.2, 0) is 9.05 Å². The summed E-state index contributed by atoms with van der Waals surface area (Å²) in [5.74, 6) is 0. The second-order valence-electron chi connectivity index (χ2n) is 2.76. The number of hydrogen-bond acceptors (Lipinski definition) is 4. The van der Waals surface area contributed by atoms with Crippen LogP contribution in [0.15, 0.2) is 41.6 Å². The third-order valence-corrected chi connectivity index (χ3v) is 3.02. The van der Waals surface area contributed by atoms with Crippen molar-refractivity contribution in [1.82, 2.24) is 15.0 Å². The summed E-state index contributed by atoms with van der Waals surface area (Å²) in [7, 11) is 1.40. The predicted octanol–water partition coefficient (Wildman–Crippen LogP) is 1.19. The molecule has 0 spiro atoms. The number of para-hydroxylation sites is 1. The zero-order chi connectivity index (χ0) is 10.9. The molecule has 78 valence electrons. The lowest BCUT2D eigenvalue weighted by Crippen LogP contribution is -2.04. The number of halogens is 1. The standard InChI is InChI=1S/C8H6ClN3O2S/c9-15(13,14)8-6-10-11-12(8)7-4-2-1-3-5-7/h1-6H. The number of nitrogens with zero attached hydrogens (tertiary/aromatic N) is 3. The maximum absolute atomic E-state index is 11.2. The summed E-state index contributed by atoms with van der Waals surface area (Å²) in [6.45, 7) is 0. The van der Waals surface area contributed by atoms with Crippen LogP contribution < -0.4 is 0 Å². The van der Waals surface area contributed by atoms with Crippen molar-refractivity contribution in [2.24, 2.45) is 0 Å². The molecule has 1 heterocycles. The van der Waals surface area contributed by atoms with Gasteiger partial charge in [0.2, 0.25) is 0 Å². The van der Waals surface area contributed by atoms with E-state index >= 15 is 0 Å². The number of benzene rings is 1. The Kier molecular flexibility index (Phi) is 2.45. The van der Waals surface area contributed by atoms with E-state index in [9.17, 15) is 8.42 Å². The van der Waals surface area contributed by atoms with Crippen molar-refractivity contribution in [1.29, 1.82) is 0 Å². The Morgan fingerprint density at radius 3 is 2.47 bits per heavy atom. The van der Waals surface area contributed by atoms with Crippen LogP contribution in [0.5, 0.6) is 0 Å². The van der Waals surface area contributed by atoms with Crippen LogP contribution in [0.3, 0.4) is 0 Å². The van der Waals surface area contributed by atoms with Gasteiger partial charge in [0.25, 0.3) is 9.05 Å². The molecule has 0 bridgehead atoms. The van der Waals surface area contributed by atoms with Gasteiger partial charge in [-0.05, 0) is 12.1 Å². The molecule has 0 aliphatic rings. The Morgan fingerprint density at radius 2 is 1.87 bits per heavy atom. The second-order valence-corrected chi connectivity index (χ2v) is 5.27. The van der Waals surface area contributed by atoms with E-state index in [0.717, 1.165) is 6.20 Å². The fourth-order valence-corrected chi connectivity index (χ4v) is 1.98. The van der Waals surface area contributed by atoms with Gasteiger partial charge in [0.15, 0.2) is 5.03 Å². The van der Waals surface area contributed by atoms with Gasteiger partial charge in [0.1, 0.15) is 0 Å². The highest BCUT2D eigenvalue weighted by molar-refractivity contribution is 8.13. The molecule has 15 heavy (non-hydrogen) atoms. The van der Waals surface area contributed by atoms with E-state index in [2.05, 4.69) is 10.3 Å². The molecule has 7 heteroatoms. The Hall–Kier alpha value is -1.40. The molecule has 2 aromatic rings. The summed E-state index contributed by atoms with van der Waals surface area (Å²) >= 11 is 0. The van der Waals surface area contributed by atoms with Crippen LogP contribution in [0.2, 0.25) is 0 Å². The van der Waals surface area contributed by atoms with Crippen molar-refractivity contribution in [2.75, 3.05) is 0 Å². The molecule has 2 rings (SSSR count). The minimum atomic E-state index is -3.83. The predicted molar refractivity (Wildman–Crippen MR) is 54.4 cm³/mol. The molecule has 1 aromatic heterocycles. The first-order chi connectivity index (χ1) is 7.09. The Balaban J connectivity index is 2.61. The van der Waals surface area contributed by atoms with Crippen LogP contribution in [0.25, 0.3) is 5.69 Å². The van der Waals surface area contributed by atoms with E-state index in [4.69, 9.17) is 10.7 Å². The normalized spacial score (nSPS) is 11.5. The fourth-order valence-electron chi connectivity index (χ4n) is 1.14. The Labute approximate surface area is 90.7 Å². The van der Waals surface area contributed by atoms with Crippen molar-refractivity contribution in [3.05, 3.63) is 36.5 Å². The molecule has 0 radical (unpaired) electrons. The lowest BCUT2D eigenvalue weighted by molar-refractivity contribution is 0.599. The first-order valence-electron chi connectivity index (χ1n) is 4.00. The van der Waals surface area contributed by atoms with E-state index in [1.165, 1.54) is 4.68 Å². The van der Waals surface area contributed by atoms with E-state index in [0.29, 0.717) is 5.69 Å². The topological polar surface area (TPSA) is 64.8 Å².